The van der Waals surface area contributed by atoms with Crippen molar-refractivity contribution in [3.05, 3.63) is 23.2 Å². The molecule has 1 aliphatic rings. The number of fused-ring (bicyclic) bond motifs is 1. The van der Waals surface area contributed by atoms with Crippen LogP contribution in [0.1, 0.15) is 9.67 Å². The highest BCUT2D eigenvalue weighted by molar-refractivity contribution is 7.21. The minimum absolute atomic E-state index is 0.0150. The third-order valence-corrected chi connectivity index (χ3v) is 4.12. The van der Waals surface area contributed by atoms with Gasteiger partial charge in [0.1, 0.15) is 10.4 Å². The predicted octanol–water partition coefficient (Wildman–Crippen LogP) is 1.35. The summed E-state index contributed by atoms with van der Waals surface area (Å²) in [4.78, 5) is 19.0. The van der Waals surface area contributed by atoms with E-state index in [1.807, 2.05) is 12.1 Å². The molecule has 0 atom stereocenters. The van der Waals surface area contributed by atoms with Crippen LogP contribution in [0.2, 0.25) is 0 Å². The summed E-state index contributed by atoms with van der Waals surface area (Å²) < 4.78 is 6.19. The summed E-state index contributed by atoms with van der Waals surface area (Å²) in [5.41, 5.74) is 7.23. The Morgan fingerprint density at radius 3 is 2.94 bits per heavy atom. The number of nitrogen functional groups attached to an aromatic ring is 1. The summed E-state index contributed by atoms with van der Waals surface area (Å²) in [6, 6.07) is 3.78. The second kappa shape index (κ2) is 4.55. The predicted molar refractivity (Wildman–Crippen MR) is 70.8 cm³/mol. The first kappa shape index (κ1) is 11.4. The molecule has 1 amide bonds. The summed E-state index contributed by atoms with van der Waals surface area (Å²) in [5, 5.41) is 0. The molecule has 6 heteroatoms. The van der Waals surface area contributed by atoms with Gasteiger partial charge in [-0.25, -0.2) is 0 Å². The van der Waals surface area contributed by atoms with E-state index >= 15 is 0 Å². The average molecular weight is 263 g/mol. The Labute approximate surface area is 108 Å². The van der Waals surface area contributed by atoms with Crippen LogP contribution in [0, 0.1) is 0 Å². The van der Waals surface area contributed by atoms with E-state index in [0.29, 0.717) is 36.9 Å². The molecule has 2 aromatic rings. The molecule has 1 fully saturated rings. The lowest BCUT2D eigenvalue weighted by molar-refractivity contribution is 0.0307. The van der Waals surface area contributed by atoms with Gasteiger partial charge in [-0.3, -0.25) is 9.78 Å². The van der Waals surface area contributed by atoms with Crippen LogP contribution < -0.4 is 5.73 Å². The Bertz CT molecular complexity index is 590. The molecule has 94 valence electrons. The van der Waals surface area contributed by atoms with Crippen molar-refractivity contribution >= 4 is 33.1 Å². The third-order valence-electron chi connectivity index (χ3n) is 2.97. The molecule has 0 saturated carbocycles. The topological polar surface area (TPSA) is 68.5 Å². The number of thiophene rings is 1. The fourth-order valence-electron chi connectivity index (χ4n) is 2.02. The van der Waals surface area contributed by atoms with Gasteiger partial charge < -0.3 is 15.4 Å². The number of hydrogen-bond donors (Lipinski definition) is 1. The van der Waals surface area contributed by atoms with Crippen molar-refractivity contribution in [2.75, 3.05) is 32.0 Å². The zero-order valence-corrected chi connectivity index (χ0v) is 10.6. The Hall–Kier alpha value is -1.66. The standard InChI is InChI=1S/C12H13N3O2S/c13-9-10-8(2-1-3-14-10)18-11(9)12(16)15-4-6-17-7-5-15/h1-3H,4-7,13H2. The maximum Gasteiger partial charge on any atom is 0.266 e. The van der Waals surface area contributed by atoms with Gasteiger partial charge in [-0.15, -0.1) is 11.3 Å². The highest BCUT2D eigenvalue weighted by atomic mass is 32.1. The minimum atomic E-state index is -0.0150. The number of nitrogens with zero attached hydrogens (tertiary/aromatic N) is 2. The number of carbonyl (C=O) groups excluding carboxylic acids is 1. The third kappa shape index (κ3) is 1.83. The highest BCUT2D eigenvalue weighted by Gasteiger charge is 2.23. The van der Waals surface area contributed by atoms with Crippen molar-refractivity contribution in [3.8, 4) is 0 Å². The number of amides is 1. The second-order valence-corrected chi connectivity index (χ2v) is 5.15. The summed E-state index contributed by atoms with van der Waals surface area (Å²) >= 11 is 1.41. The van der Waals surface area contributed by atoms with Gasteiger partial charge in [0.2, 0.25) is 0 Å². The van der Waals surface area contributed by atoms with Crippen LogP contribution >= 0.6 is 11.3 Å². The van der Waals surface area contributed by atoms with Crippen molar-refractivity contribution in [1.29, 1.82) is 0 Å². The number of anilines is 1. The van der Waals surface area contributed by atoms with Gasteiger partial charge >= 0.3 is 0 Å². The number of nitrogens with two attached hydrogens (primary N) is 1. The molecule has 0 radical (unpaired) electrons. The van der Waals surface area contributed by atoms with Gasteiger partial charge in [0, 0.05) is 19.3 Å². The molecule has 3 heterocycles. The van der Waals surface area contributed by atoms with Crippen LogP contribution in [0.4, 0.5) is 5.69 Å². The molecule has 0 aliphatic carbocycles. The van der Waals surface area contributed by atoms with Gasteiger partial charge in [-0.05, 0) is 12.1 Å². The van der Waals surface area contributed by atoms with E-state index in [1.165, 1.54) is 11.3 Å². The van der Waals surface area contributed by atoms with Crippen LogP contribution in [0.3, 0.4) is 0 Å². The first-order valence-corrected chi connectivity index (χ1v) is 6.59. The van der Waals surface area contributed by atoms with Gasteiger partial charge in [-0.1, -0.05) is 0 Å². The average Bonchev–Trinajstić information content (AvgIpc) is 2.77. The van der Waals surface area contributed by atoms with E-state index in [9.17, 15) is 4.79 Å². The van der Waals surface area contributed by atoms with Crippen LogP contribution in [-0.4, -0.2) is 42.1 Å². The Kier molecular flexibility index (Phi) is 2.89. The maximum atomic E-state index is 12.4. The fraction of sp³-hybridized carbons (Fsp3) is 0.333. The van der Waals surface area contributed by atoms with Crippen LogP contribution in [-0.2, 0) is 4.74 Å². The quantitative estimate of drug-likeness (QED) is 0.843. The van der Waals surface area contributed by atoms with Crippen molar-refractivity contribution < 1.29 is 9.53 Å². The number of ether oxygens (including phenoxy) is 1. The van der Waals surface area contributed by atoms with Gasteiger partial charge in [0.25, 0.3) is 5.91 Å². The van der Waals surface area contributed by atoms with Gasteiger partial charge in [-0.2, -0.15) is 0 Å². The molecule has 1 aliphatic heterocycles. The molecule has 0 spiro atoms. The molecule has 0 aromatic carbocycles. The normalized spacial score (nSPS) is 16.1. The van der Waals surface area contributed by atoms with E-state index in [1.54, 1.807) is 11.1 Å². The lowest BCUT2D eigenvalue weighted by atomic mass is 10.3. The number of morpholine rings is 1. The lowest BCUT2D eigenvalue weighted by Gasteiger charge is -2.26. The molecular weight excluding hydrogens is 250 g/mol. The zero-order chi connectivity index (χ0) is 12.5. The summed E-state index contributed by atoms with van der Waals surface area (Å²) in [5.74, 6) is -0.0150. The highest BCUT2D eigenvalue weighted by Crippen LogP contribution is 2.32. The van der Waals surface area contributed by atoms with E-state index in [0.717, 1.165) is 10.2 Å². The van der Waals surface area contributed by atoms with E-state index in [4.69, 9.17) is 10.5 Å². The lowest BCUT2D eigenvalue weighted by Crippen LogP contribution is -2.40. The van der Waals surface area contributed by atoms with E-state index in [-0.39, 0.29) is 5.91 Å². The number of pyridine rings is 1. The van der Waals surface area contributed by atoms with Gasteiger partial charge in [0.15, 0.2) is 0 Å². The van der Waals surface area contributed by atoms with Crippen LogP contribution in [0.5, 0.6) is 0 Å². The number of aromatic nitrogens is 1. The van der Waals surface area contributed by atoms with Crippen molar-refractivity contribution in [3.63, 3.8) is 0 Å². The Morgan fingerprint density at radius 1 is 1.44 bits per heavy atom. The van der Waals surface area contributed by atoms with Crippen molar-refractivity contribution in [2.24, 2.45) is 0 Å². The number of carbonyl (C=O) groups is 1. The van der Waals surface area contributed by atoms with E-state index in [2.05, 4.69) is 4.98 Å². The van der Waals surface area contributed by atoms with Crippen molar-refractivity contribution in [1.82, 2.24) is 9.88 Å². The second-order valence-electron chi connectivity index (χ2n) is 4.10. The van der Waals surface area contributed by atoms with Gasteiger partial charge in [0.05, 0.1) is 23.6 Å². The molecule has 5 nitrogen and oxygen atoms in total. The monoisotopic (exact) mass is 263 g/mol. The SMILES string of the molecule is Nc1c(C(=O)N2CCOCC2)sc2cccnc12. The van der Waals surface area contributed by atoms with Crippen LogP contribution in [0.25, 0.3) is 10.2 Å². The minimum Gasteiger partial charge on any atom is -0.396 e. The molecular formula is C12H13N3O2S. The molecule has 2 aromatic heterocycles. The summed E-state index contributed by atoms with van der Waals surface area (Å²) in [6.45, 7) is 2.43. The molecule has 0 unspecified atom stereocenters. The smallest absolute Gasteiger partial charge is 0.266 e. The number of hydrogen-bond acceptors (Lipinski definition) is 5. The number of rotatable bonds is 1. The van der Waals surface area contributed by atoms with Crippen molar-refractivity contribution in [2.45, 2.75) is 0 Å². The first-order valence-electron chi connectivity index (χ1n) is 5.77. The molecule has 1 saturated heterocycles. The molecule has 0 bridgehead atoms. The zero-order valence-electron chi connectivity index (χ0n) is 9.76. The van der Waals surface area contributed by atoms with E-state index < -0.39 is 0 Å². The summed E-state index contributed by atoms with van der Waals surface area (Å²) in [6.07, 6.45) is 1.69. The van der Waals surface area contributed by atoms with Crippen LogP contribution in [0.15, 0.2) is 18.3 Å². The summed E-state index contributed by atoms with van der Waals surface area (Å²) in [7, 11) is 0. The largest absolute Gasteiger partial charge is 0.396 e. The Morgan fingerprint density at radius 2 is 2.22 bits per heavy atom. The molecule has 3 rings (SSSR count). The first-order chi connectivity index (χ1) is 8.77. The fourth-order valence-corrected chi connectivity index (χ4v) is 3.07. The Balaban J connectivity index is 1.98. The molecule has 18 heavy (non-hydrogen) atoms. The maximum absolute atomic E-state index is 12.4. The molecule has 2 N–H and O–H groups in total.